The average Bonchev–Trinajstić information content (AvgIpc) is 3.21. The minimum Gasteiger partial charge on any atom is -0.846 e. The Morgan fingerprint density at radius 1 is 1.19 bits per heavy atom. The first-order valence-corrected chi connectivity index (χ1v) is 10.2. The topological polar surface area (TPSA) is 103 Å². The van der Waals surface area contributed by atoms with Gasteiger partial charge in [0.05, 0.1) is 11.6 Å². The second-order valence-electron chi connectivity index (χ2n) is 7.77. The normalized spacial score (nSPS) is 19.7. The van der Waals surface area contributed by atoms with E-state index >= 15 is 0 Å². The Morgan fingerprint density at radius 3 is 2.66 bits per heavy atom. The molecule has 0 saturated heterocycles. The molecule has 1 saturated carbocycles. The second kappa shape index (κ2) is 9.33. The third-order valence-corrected chi connectivity index (χ3v) is 5.50. The van der Waals surface area contributed by atoms with E-state index in [9.17, 15) is 18.3 Å². The van der Waals surface area contributed by atoms with Crippen LogP contribution in [-0.4, -0.2) is 21.3 Å². The lowest BCUT2D eigenvalue weighted by Gasteiger charge is -2.25. The Kier molecular flexibility index (Phi) is 6.33. The fraction of sp³-hybridized carbons (Fsp3) is 0.381. The Labute approximate surface area is 181 Å². The molecule has 3 aromatic rings. The molecule has 11 heteroatoms. The van der Waals surface area contributed by atoms with Crippen LogP contribution in [-0.2, 0) is 12.7 Å². The van der Waals surface area contributed by atoms with Crippen molar-refractivity contribution in [1.29, 1.82) is 0 Å². The van der Waals surface area contributed by atoms with Crippen molar-refractivity contribution in [2.24, 2.45) is 10.9 Å². The van der Waals surface area contributed by atoms with Crippen LogP contribution in [0, 0.1) is 5.92 Å². The Morgan fingerprint density at radius 2 is 1.94 bits per heavy atom. The summed E-state index contributed by atoms with van der Waals surface area (Å²) in [6.07, 6.45) is 6.36. The van der Waals surface area contributed by atoms with Crippen molar-refractivity contribution in [3.8, 4) is 0 Å². The van der Waals surface area contributed by atoms with Crippen LogP contribution in [0.25, 0.3) is 0 Å². The maximum absolute atomic E-state index is 12.8. The number of aromatic nitrogens is 4. The summed E-state index contributed by atoms with van der Waals surface area (Å²) in [5.74, 6) is 0.849. The fourth-order valence-electron chi connectivity index (χ4n) is 3.89. The summed E-state index contributed by atoms with van der Waals surface area (Å²) in [5, 5.41) is 18.2. The summed E-state index contributed by atoms with van der Waals surface area (Å²) in [6.45, 7) is 0.631. The van der Waals surface area contributed by atoms with Crippen LogP contribution in [0.15, 0.2) is 58.7 Å². The number of halogens is 3. The van der Waals surface area contributed by atoms with Crippen molar-refractivity contribution in [3.05, 3.63) is 60.3 Å². The maximum atomic E-state index is 12.8. The van der Waals surface area contributed by atoms with Crippen molar-refractivity contribution in [2.45, 2.75) is 44.3 Å². The molecule has 1 N–H and O–H groups in total. The smallest absolute Gasteiger partial charge is 0.416 e. The second-order valence-corrected chi connectivity index (χ2v) is 7.77. The van der Waals surface area contributed by atoms with Crippen LogP contribution in [0.5, 0.6) is 0 Å². The van der Waals surface area contributed by atoms with Gasteiger partial charge in [0.25, 0.3) is 6.20 Å². The number of nitrogens with one attached hydrogen (secondary N) is 1. The highest BCUT2D eigenvalue weighted by Crippen LogP contribution is 2.35. The molecule has 168 valence electrons. The predicted molar refractivity (Wildman–Crippen MR) is 106 cm³/mol. The first-order chi connectivity index (χ1) is 15.4. The highest BCUT2D eigenvalue weighted by molar-refractivity contribution is 5.87. The molecule has 1 fully saturated rings. The molecule has 2 aromatic heterocycles. The van der Waals surface area contributed by atoms with Crippen molar-refractivity contribution < 1.29 is 27.5 Å². The minimum absolute atomic E-state index is 0.0125. The number of nitrogens with zero attached hydrogens (tertiary/aromatic N) is 5. The van der Waals surface area contributed by atoms with E-state index < -0.39 is 17.8 Å². The Hall–Kier alpha value is -3.50. The maximum Gasteiger partial charge on any atom is 0.416 e. The van der Waals surface area contributed by atoms with Crippen molar-refractivity contribution in [1.82, 2.24) is 15.2 Å². The lowest BCUT2D eigenvalue weighted by Crippen LogP contribution is -2.39. The molecule has 1 aliphatic carbocycles. The van der Waals surface area contributed by atoms with Gasteiger partial charge in [0.1, 0.15) is 6.33 Å². The molecule has 8 nitrogen and oxygen atoms in total. The Bertz CT molecular complexity index is 1060. The molecule has 0 unspecified atom stereocenters. The zero-order chi connectivity index (χ0) is 22.6. The van der Waals surface area contributed by atoms with Crippen LogP contribution in [0.4, 0.5) is 24.7 Å². The molecular weight excluding hydrogens is 425 g/mol. The number of benzene rings is 1. The highest BCUT2D eigenvalue weighted by atomic mass is 19.4. The zero-order valence-electron chi connectivity index (χ0n) is 17.0. The highest BCUT2D eigenvalue weighted by Gasteiger charge is 2.30. The summed E-state index contributed by atoms with van der Waals surface area (Å²) in [7, 11) is 0. The summed E-state index contributed by atoms with van der Waals surface area (Å²) >= 11 is 0. The van der Waals surface area contributed by atoms with Crippen LogP contribution in [0.2, 0.25) is 0 Å². The van der Waals surface area contributed by atoms with Crippen LogP contribution >= 0.6 is 0 Å². The molecule has 0 radical (unpaired) electrons. The molecule has 0 bridgehead atoms. The monoisotopic (exact) mass is 446 g/mol. The minimum atomic E-state index is -4.50. The van der Waals surface area contributed by atoms with E-state index in [0.29, 0.717) is 18.4 Å². The first kappa shape index (κ1) is 21.7. The average molecular weight is 446 g/mol. The zero-order valence-corrected chi connectivity index (χ0v) is 17.0. The van der Waals surface area contributed by atoms with Gasteiger partial charge in [-0.15, -0.1) is 0 Å². The van der Waals surface area contributed by atoms with Gasteiger partial charge >= 0.3 is 12.1 Å². The Balaban J connectivity index is 1.31. The van der Waals surface area contributed by atoms with E-state index in [1.807, 2.05) is 12.4 Å². The van der Waals surface area contributed by atoms with Gasteiger partial charge in [-0.1, -0.05) is 10.7 Å². The predicted octanol–water partition coefficient (Wildman–Crippen LogP) is 3.20. The third kappa shape index (κ3) is 5.59. The number of alkyl halides is 3. The van der Waals surface area contributed by atoms with E-state index in [2.05, 4.69) is 25.5 Å². The molecule has 1 aromatic carbocycles. The van der Waals surface area contributed by atoms with E-state index in [0.717, 1.165) is 43.4 Å². The molecular formula is C21H21F3N6O2. The number of aliphatic imine (C=N–C) groups is 1. The van der Waals surface area contributed by atoms with Gasteiger partial charge in [-0.3, -0.25) is 4.52 Å². The standard InChI is InChI=1S/C21H21F3N6O2/c22-21(23,24)17-2-1-3-18(8-17)27-20(31)28-19-12-30(29-32-19)11-14-4-6-15(7-5-14)16-9-25-13-26-10-16/h1-3,8-10,12-15H,4-7,11H2,(H-,27,28,29,31). The summed E-state index contributed by atoms with van der Waals surface area (Å²) in [5.41, 5.74) is 0.289. The van der Waals surface area contributed by atoms with Gasteiger partial charge in [0.2, 0.25) is 5.27 Å². The largest absolute Gasteiger partial charge is 0.846 e. The van der Waals surface area contributed by atoms with Crippen LogP contribution < -0.4 is 15.1 Å². The van der Waals surface area contributed by atoms with Crippen molar-refractivity contribution in [2.75, 3.05) is 5.32 Å². The quantitative estimate of drug-likeness (QED) is 0.367. The molecule has 0 amide bonds. The van der Waals surface area contributed by atoms with Crippen molar-refractivity contribution >= 4 is 17.6 Å². The van der Waals surface area contributed by atoms with Gasteiger partial charge in [0.15, 0.2) is 6.54 Å². The first-order valence-electron chi connectivity index (χ1n) is 10.2. The van der Waals surface area contributed by atoms with E-state index in [1.165, 1.54) is 24.7 Å². The number of amidine groups is 1. The van der Waals surface area contributed by atoms with Gasteiger partial charge in [-0.05, 0) is 55.4 Å². The summed E-state index contributed by atoms with van der Waals surface area (Å²) < 4.78 is 45.0. The lowest BCUT2D eigenvalue weighted by atomic mass is 9.79. The molecule has 4 rings (SSSR count). The molecule has 1 aliphatic rings. The van der Waals surface area contributed by atoms with Gasteiger partial charge in [-0.2, -0.15) is 13.2 Å². The van der Waals surface area contributed by atoms with Crippen LogP contribution in [0.1, 0.15) is 42.7 Å². The molecule has 0 aliphatic heterocycles. The number of rotatable bonds is 5. The number of hydrogen-bond donors (Lipinski definition) is 1. The lowest BCUT2D eigenvalue weighted by molar-refractivity contribution is -0.767. The summed E-state index contributed by atoms with van der Waals surface area (Å²) in [4.78, 5) is 11.9. The van der Waals surface area contributed by atoms with Gasteiger partial charge < -0.3 is 10.4 Å². The molecule has 32 heavy (non-hydrogen) atoms. The SMILES string of the molecule is [O-]C(=Nc1c[n+](CC2CCC(c3cncnc3)CC2)no1)Nc1cccc(C(F)(F)F)c1. The van der Waals surface area contributed by atoms with Gasteiger partial charge in [-0.25, -0.2) is 15.0 Å². The number of anilines is 1. The van der Waals surface area contributed by atoms with E-state index in [-0.39, 0.29) is 11.6 Å². The van der Waals surface area contributed by atoms with Gasteiger partial charge in [0, 0.05) is 24.0 Å². The molecule has 0 atom stereocenters. The number of hydrogen-bond acceptors (Lipinski definition) is 6. The fourth-order valence-corrected chi connectivity index (χ4v) is 3.89. The summed E-state index contributed by atoms with van der Waals surface area (Å²) in [6, 6.07) is 3.47. The molecule has 0 spiro atoms. The molecule has 2 heterocycles. The third-order valence-electron chi connectivity index (χ3n) is 5.50. The van der Waals surface area contributed by atoms with E-state index in [1.54, 1.807) is 4.68 Å². The van der Waals surface area contributed by atoms with Crippen molar-refractivity contribution in [3.63, 3.8) is 0 Å². The van der Waals surface area contributed by atoms with E-state index in [4.69, 9.17) is 4.52 Å². The van der Waals surface area contributed by atoms with Crippen LogP contribution in [0.3, 0.4) is 0 Å².